The van der Waals surface area contributed by atoms with Gasteiger partial charge in [-0.05, 0) is 48.9 Å². The Morgan fingerprint density at radius 1 is 1.06 bits per heavy atom. The number of benzene rings is 2. The summed E-state index contributed by atoms with van der Waals surface area (Å²) in [5.41, 5.74) is 9.66. The molecule has 0 unspecified atom stereocenters. The lowest BCUT2D eigenvalue weighted by Gasteiger charge is -2.18. The number of primary amides is 1. The first-order valence-corrected chi connectivity index (χ1v) is 11.1. The first-order chi connectivity index (χ1) is 15.7. The van der Waals surface area contributed by atoms with Crippen molar-refractivity contribution < 1.29 is 37.0 Å². The van der Waals surface area contributed by atoms with E-state index in [-0.39, 0.29) is 30.1 Å². The van der Waals surface area contributed by atoms with Gasteiger partial charge in [-0.25, -0.2) is 8.42 Å². The van der Waals surface area contributed by atoms with Crippen LogP contribution in [0.5, 0.6) is 17.2 Å². The highest BCUT2D eigenvalue weighted by Gasteiger charge is 2.27. The Balaban J connectivity index is 1.67. The highest BCUT2D eigenvalue weighted by atomic mass is 32.2. The smallest absolute Gasteiger partial charge is 0.269 e. The summed E-state index contributed by atoms with van der Waals surface area (Å²) in [7, 11) is -2.70. The molecule has 0 saturated carbocycles. The number of hydrogen-bond acceptors (Lipinski definition) is 8. The predicted molar refractivity (Wildman–Crippen MR) is 114 cm³/mol. The van der Waals surface area contributed by atoms with Gasteiger partial charge in [0.05, 0.1) is 12.0 Å². The average molecular weight is 478 g/mol. The fourth-order valence-corrected chi connectivity index (χ4v) is 4.09. The Labute approximate surface area is 189 Å². The molecule has 1 heterocycles. The Morgan fingerprint density at radius 2 is 1.76 bits per heavy atom. The summed E-state index contributed by atoms with van der Waals surface area (Å²) in [5, 5.41) is 0. The number of fused-ring (bicyclic) bond motifs is 1. The first-order valence-electron chi connectivity index (χ1n) is 9.64. The number of hydrazine groups is 1. The molecule has 1 atom stereocenters. The van der Waals surface area contributed by atoms with Gasteiger partial charge in [0.1, 0.15) is 11.8 Å². The van der Waals surface area contributed by atoms with Crippen LogP contribution in [-0.2, 0) is 19.6 Å². The molecular formula is C20H22N4O8S. The third-order valence-corrected chi connectivity index (χ3v) is 6.08. The number of nitrogens with two attached hydrogens (primary N) is 1. The van der Waals surface area contributed by atoms with Crippen molar-refractivity contribution >= 4 is 27.7 Å². The van der Waals surface area contributed by atoms with Crippen molar-refractivity contribution in [2.45, 2.75) is 23.8 Å². The molecule has 33 heavy (non-hydrogen) atoms. The van der Waals surface area contributed by atoms with Gasteiger partial charge in [-0.1, -0.05) is 0 Å². The number of carbonyl (C=O) groups is 3. The minimum absolute atomic E-state index is 0.0347. The van der Waals surface area contributed by atoms with E-state index in [2.05, 4.69) is 15.6 Å². The van der Waals surface area contributed by atoms with E-state index in [0.29, 0.717) is 17.2 Å². The minimum atomic E-state index is -4.14. The van der Waals surface area contributed by atoms with Gasteiger partial charge in [-0.15, -0.1) is 0 Å². The van der Waals surface area contributed by atoms with E-state index in [1.807, 2.05) is 0 Å². The topological polar surface area (TPSA) is 175 Å². The van der Waals surface area contributed by atoms with E-state index < -0.39 is 33.8 Å². The lowest BCUT2D eigenvalue weighted by Crippen LogP contribution is -2.52. The van der Waals surface area contributed by atoms with Crippen LogP contribution in [0.4, 0.5) is 0 Å². The summed E-state index contributed by atoms with van der Waals surface area (Å²) < 4.78 is 43.0. The van der Waals surface area contributed by atoms with Gasteiger partial charge >= 0.3 is 0 Å². The third kappa shape index (κ3) is 6.11. The van der Waals surface area contributed by atoms with Gasteiger partial charge in [-0.3, -0.25) is 25.2 Å². The lowest BCUT2D eigenvalue weighted by atomic mass is 10.1. The van der Waals surface area contributed by atoms with Crippen LogP contribution in [0.1, 0.15) is 23.2 Å². The Hall–Kier alpha value is -3.84. The summed E-state index contributed by atoms with van der Waals surface area (Å²) in [6.07, 6.45) is -0.490. The molecule has 0 aliphatic carbocycles. The third-order valence-electron chi connectivity index (χ3n) is 4.60. The fourth-order valence-electron chi connectivity index (χ4n) is 2.86. The van der Waals surface area contributed by atoms with Crippen LogP contribution in [0.25, 0.3) is 0 Å². The van der Waals surface area contributed by atoms with Gasteiger partial charge in [0.2, 0.25) is 22.7 Å². The Kier molecular flexibility index (Phi) is 7.35. The maximum absolute atomic E-state index is 12.7. The maximum Gasteiger partial charge on any atom is 0.269 e. The summed E-state index contributed by atoms with van der Waals surface area (Å²) in [6, 6.07) is 8.53. The molecule has 12 nitrogen and oxygen atoms in total. The summed E-state index contributed by atoms with van der Waals surface area (Å²) >= 11 is 0. The van der Waals surface area contributed by atoms with E-state index in [0.717, 1.165) is 0 Å². The molecule has 1 aliphatic rings. The molecule has 0 saturated heterocycles. The van der Waals surface area contributed by atoms with Gasteiger partial charge in [0.25, 0.3) is 11.8 Å². The number of hydrogen-bond donors (Lipinski definition) is 4. The molecule has 0 spiro atoms. The number of nitrogens with one attached hydrogen (secondary N) is 3. The molecule has 176 valence electrons. The highest BCUT2D eigenvalue weighted by molar-refractivity contribution is 7.89. The molecule has 0 aromatic heterocycles. The number of rotatable bonds is 9. The molecule has 2 aromatic rings. The molecule has 3 rings (SSSR count). The largest absolute Gasteiger partial charge is 0.497 e. The van der Waals surface area contributed by atoms with Crippen molar-refractivity contribution in [2.75, 3.05) is 13.9 Å². The molecule has 0 fully saturated rings. The minimum Gasteiger partial charge on any atom is -0.497 e. The number of carbonyl (C=O) groups excluding carboxylic acids is 3. The molecule has 13 heteroatoms. The van der Waals surface area contributed by atoms with Crippen molar-refractivity contribution in [3.63, 3.8) is 0 Å². The highest BCUT2D eigenvalue weighted by Crippen LogP contribution is 2.32. The van der Waals surface area contributed by atoms with Crippen molar-refractivity contribution in [1.82, 2.24) is 15.6 Å². The maximum atomic E-state index is 12.7. The van der Waals surface area contributed by atoms with Crippen LogP contribution in [-0.4, -0.2) is 46.1 Å². The average Bonchev–Trinajstić information content (AvgIpc) is 3.27. The zero-order valence-corrected chi connectivity index (χ0v) is 18.3. The molecular weight excluding hydrogens is 456 g/mol. The van der Waals surface area contributed by atoms with E-state index in [1.54, 1.807) is 0 Å². The van der Waals surface area contributed by atoms with Crippen LogP contribution in [0.15, 0.2) is 47.4 Å². The molecule has 5 N–H and O–H groups in total. The molecule has 0 bridgehead atoms. The standard InChI is InChI=1S/C20H22N4O8S/c1-30-13-3-5-14(6-4-13)33(28,29)24-15(7-9-18(21)25)20(27)23-22-19(26)12-2-8-16-17(10-12)32-11-31-16/h2-6,8,10,15,24H,7,9,11H2,1H3,(H2,21,25)(H,22,26)(H,23,27)/t15-/m0/s1. The second-order valence-electron chi connectivity index (χ2n) is 6.87. The molecule has 1 aliphatic heterocycles. The second-order valence-corrected chi connectivity index (χ2v) is 8.58. The van der Waals surface area contributed by atoms with Gasteiger partial charge < -0.3 is 19.9 Å². The number of ether oxygens (including phenoxy) is 3. The normalized spacial score (nSPS) is 13.1. The van der Waals surface area contributed by atoms with Crippen molar-refractivity contribution in [1.29, 1.82) is 0 Å². The van der Waals surface area contributed by atoms with Crippen molar-refractivity contribution in [2.24, 2.45) is 5.73 Å². The van der Waals surface area contributed by atoms with Crippen LogP contribution in [0.2, 0.25) is 0 Å². The van der Waals surface area contributed by atoms with Crippen molar-refractivity contribution in [3.05, 3.63) is 48.0 Å². The Bertz CT molecular complexity index is 1150. The number of amides is 3. The van der Waals surface area contributed by atoms with E-state index >= 15 is 0 Å². The van der Waals surface area contributed by atoms with E-state index in [1.165, 1.54) is 49.6 Å². The van der Waals surface area contributed by atoms with Gasteiger partial charge in [-0.2, -0.15) is 4.72 Å². The molecule has 3 amide bonds. The first kappa shape index (κ1) is 23.8. The number of methoxy groups -OCH3 is 1. The monoisotopic (exact) mass is 478 g/mol. The summed E-state index contributed by atoms with van der Waals surface area (Å²) in [4.78, 5) is 36.0. The number of sulfonamides is 1. The lowest BCUT2D eigenvalue weighted by molar-refractivity contribution is -0.124. The van der Waals surface area contributed by atoms with Crippen LogP contribution in [0, 0.1) is 0 Å². The summed E-state index contributed by atoms with van der Waals surface area (Å²) in [6.45, 7) is 0.0347. The molecule has 2 aromatic carbocycles. The van der Waals surface area contributed by atoms with Crippen LogP contribution < -0.4 is 35.5 Å². The summed E-state index contributed by atoms with van der Waals surface area (Å²) in [5.74, 6) is -0.976. The van der Waals surface area contributed by atoms with Crippen LogP contribution in [0.3, 0.4) is 0 Å². The quantitative estimate of drug-likeness (QED) is 0.358. The van der Waals surface area contributed by atoms with Crippen molar-refractivity contribution in [3.8, 4) is 17.2 Å². The zero-order valence-electron chi connectivity index (χ0n) is 17.5. The predicted octanol–water partition coefficient (Wildman–Crippen LogP) is -0.202. The van der Waals surface area contributed by atoms with Gasteiger partial charge in [0, 0.05) is 12.0 Å². The zero-order chi connectivity index (χ0) is 24.0. The fraction of sp³-hybridized carbons (Fsp3) is 0.250. The Morgan fingerprint density at radius 3 is 2.42 bits per heavy atom. The van der Waals surface area contributed by atoms with E-state index in [9.17, 15) is 22.8 Å². The molecule has 0 radical (unpaired) electrons. The van der Waals surface area contributed by atoms with Gasteiger partial charge in [0.15, 0.2) is 11.5 Å². The SMILES string of the molecule is COc1ccc(S(=O)(=O)N[C@@H](CCC(N)=O)C(=O)NNC(=O)c2ccc3c(c2)OCO3)cc1. The second kappa shape index (κ2) is 10.2. The van der Waals surface area contributed by atoms with E-state index in [4.69, 9.17) is 19.9 Å². The van der Waals surface area contributed by atoms with Crippen LogP contribution >= 0.6 is 0 Å².